The number of furan rings is 1. The van der Waals surface area contributed by atoms with Gasteiger partial charge in [-0.05, 0) is 42.5 Å². The number of aromatic nitrogens is 2. The van der Waals surface area contributed by atoms with Crippen molar-refractivity contribution < 1.29 is 18.7 Å². The van der Waals surface area contributed by atoms with Gasteiger partial charge in [-0.2, -0.15) is 0 Å². The lowest BCUT2D eigenvalue weighted by Gasteiger charge is -2.07. The summed E-state index contributed by atoms with van der Waals surface area (Å²) < 4.78 is 16.7. The SMILES string of the molecule is CC.COCc1ccc(C(=O)NCc2cc3ccc(OCc4ccccn4)cc3o2)c(N)n1. The molecule has 1 aromatic carbocycles. The molecule has 172 valence electrons. The number of nitrogens with zero attached hydrogens (tertiary/aromatic N) is 2. The van der Waals surface area contributed by atoms with Gasteiger partial charge in [-0.15, -0.1) is 0 Å². The third-order valence-corrected chi connectivity index (χ3v) is 4.60. The summed E-state index contributed by atoms with van der Waals surface area (Å²) in [6, 6.07) is 16.5. The molecule has 0 bridgehead atoms. The number of rotatable bonds is 8. The van der Waals surface area contributed by atoms with Crippen molar-refractivity contribution in [1.29, 1.82) is 0 Å². The second kappa shape index (κ2) is 11.6. The monoisotopic (exact) mass is 448 g/mol. The molecule has 33 heavy (non-hydrogen) atoms. The van der Waals surface area contributed by atoms with E-state index in [2.05, 4.69) is 15.3 Å². The molecule has 0 saturated carbocycles. The van der Waals surface area contributed by atoms with Crippen LogP contribution in [0.1, 0.15) is 41.4 Å². The Labute approximate surface area is 192 Å². The maximum Gasteiger partial charge on any atom is 0.255 e. The smallest absolute Gasteiger partial charge is 0.255 e. The lowest BCUT2D eigenvalue weighted by Crippen LogP contribution is -2.24. The number of anilines is 1. The molecule has 0 aliphatic heterocycles. The minimum absolute atomic E-state index is 0.159. The van der Waals surface area contributed by atoms with Crippen LogP contribution in [0.25, 0.3) is 11.0 Å². The zero-order chi connectivity index (χ0) is 23.6. The van der Waals surface area contributed by atoms with Crippen molar-refractivity contribution in [2.45, 2.75) is 33.6 Å². The van der Waals surface area contributed by atoms with Crippen LogP contribution in [-0.2, 0) is 24.5 Å². The van der Waals surface area contributed by atoms with Crippen LogP contribution in [0, 0.1) is 0 Å². The van der Waals surface area contributed by atoms with Crippen LogP contribution in [0.2, 0.25) is 0 Å². The molecule has 0 radical (unpaired) electrons. The first-order valence-corrected chi connectivity index (χ1v) is 10.7. The van der Waals surface area contributed by atoms with E-state index in [1.54, 1.807) is 25.4 Å². The molecule has 0 fully saturated rings. The lowest BCUT2D eigenvalue weighted by molar-refractivity contribution is 0.0948. The predicted molar refractivity (Wildman–Crippen MR) is 127 cm³/mol. The van der Waals surface area contributed by atoms with Crippen molar-refractivity contribution in [2.24, 2.45) is 0 Å². The van der Waals surface area contributed by atoms with Crippen LogP contribution in [0.4, 0.5) is 5.82 Å². The van der Waals surface area contributed by atoms with Gasteiger partial charge in [0.2, 0.25) is 0 Å². The molecule has 0 unspecified atom stereocenters. The fourth-order valence-electron chi connectivity index (χ4n) is 3.08. The Morgan fingerprint density at radius 3 is 2.64 bits per heavy atom. The Morgan fingerprint density at radius 1 is 1.06 bits per heavy atom. The molecule has 4 rings (SSSR count). The first-order chi connectivity index (χ1) is 16.1. The fourth-order valence-corrected chi connectivity index (χ4v) is 3.08. The molecular formula is C25H28N4O4. The molecule has 4 aromatic rings. The van der Waals surface area contributed by atoms with E-state index in [4.69, 9.17) is 19.6 Å². The van der Waals surface area contributed by atoms with E-state index in [1.165, 1.54) is 0 Å². The van der Waals surface area contributed by atoms with E-state index in [0.717, 1.165) is 11.1 Å². The molecule has 8 nitrogen and oxygen atoms in total. The summed E-state index contributed by atoms with van der Waals surface area (Å²) in [5, 5.41) is 3.72. The van der Waals surface area contributed by atoms with Crippen molar-refractivity contribution in [2.75, 3.05) is 12.8 Å². The Hall–Kier alpha value is -3.91. The maximum atomic E-state index is 12.5. The largest absolute Gasteiger partial charge is 0.487 e. The lowest BCUT2D eigenvalue weighted by atomic mass is 10.2. The summed E-state index contributed by atoms with van der Waals surface area (Å²) in [6.45, 7) is 4.92. The number of nitrogens with two attached hydrogens (primary N) is 1. The zero-order valence-corrected chi connectivity index (χ0v) is 19.0. The normalized spacial score (nSPS) is 10.4. The summed E-state index contributed by atoms with van der Waals surface area (Å²) in [5.74, 6) is 1.13. The van der Waals surface area contributed by atoms with Crippen LogP contribution in [0.5, 0.6) is 5.75 Å². The summed E-state index contributed by atoms with van der Waals surface area (Å²) >= 11 is 0. The summed E-state index contributed by atoms with van der Waals surface area (Å²) in [5.41, 5.74) is 8.39. The molecule has 3 aromatic heterocycles. The Morgan fingerprint density at radius 2 is 1.91 bits per heavy atom. The molecule has 1 amide bonds. The number of pyridine rings is 2. The summed E-state index contributed by atoms with van der Waals surface area (Å²) in [6.07, 6.45) is 1.73. The van der Waals surface area contributed by atoms with E-state index < -0.39 is 0 Å². The number of hydrogen-bond acceptors (Lipinski definition) is 7. The van der Waals surface area contributed by atoms with E-state index in [9.17, 15) is 4.79 Å². The van der Waals surface area contributed by atoms with Gasteiger partial charge >= 0.3 is 0 Å². The van der Waals surface area contributed by atoms with E-state index >= 15 is 0 Å². The highest BCUT2D eigenvalue weighted by molar-refractivity contribution is 5.98. The first kappa shape index (κ1) is 23.7. The topological polar surface area (TPSA) is 112 Å². The number of carbonyl (C=O) groups is 1. The molecular weight excluding hydrogens is 420 g/mol. The molecule has 0 saturated heterocycles. The minimum atomic E-state index is -0.325. The molecule has 0 spiro atoms. The Kier molecular flexibility index (Phi) is 8.37. The van der Waals surface area contributed by atoms with Crippen LogP contribution in [0.15, 0.2) is 65.2 Å². The van der Waals surface area contributed by atoms with Crippen LogP contribution >= 0.6 is 0 Å². The Balaban J connectivity index is 0.00000149. The summed E-state index contributed by atoms with van der Waals surface area (Å²) in [7, 11) is 1.57. The second-order valence-electron chi connectivity index (χ2n) is 6.87. The number of amides is 1. The third-order valence-electron chi connectivity index (χ3n) is 4.60. The van der Waals surface area contributed by atoms with Gasteiger partial charge in [-0.25, -0.2) is 4.98 Å². The maximum absolute atomic E-state index is 12.5. The number of fused-ring (bicyclic) bond motifs is 1. The standard InChI is InChI=1S/C23H22N4O4.C2H6/c1-29-13-17-6-8-20(22(24)27-17)23(28)26-12-19-10-15-5-7-18(11-21(15)31-19)30-14-16-4-2-3-9-25-16;1-2/h2-11H,12-14H2,1H3,(H2,24,27)(H,26,28);1-2H3. The highest BCUT2D eigenvalue weighted by atomic mass is 16.5. The molecule has 3 N–H and O–H groups in total. The molecule has 0 aliphatic rings. The van der Waals surface area contributed by atoms with E-state index in [-0.39, 0.29) is 18.3 Å². The van der Waals surface area contributed by atoms with Crippen molar-refractivity contribution in [1.82, 2.24) is 15.3 Å². The van der Waals surface area contributed by atoms with Gasteiger partial charge in [0.05, 0.1) is 30.1 Å². The number of hydrogen-bond donors (Lipinski definition) is 2. The highest BCUT2D eigenvalue weighted by Crippen LogP contribution is 2.25. The fraction of sp³-hybridized carbons (Fsp3) is 0.240. The van der Waals surface area contributed by atoms with Crippen molar-refractivity contribution in [3.63, 3.8) is 0 Å². The number of nitrogen functional groups attached to an aromatic ring is 1. The number of benzene rings is 1. The summed E-state index contributed by atoms with van der Waals surface area (Å²) in [4.78, 5) is 20.9. The van der Waals surface area contributed by atoms with Crippen LogP contribution in [0.3, 0.4) is 0 Å². The van der Waals surface area contributed by atoms with Gasteiger partial charge in [0.1, 0.15) is 29.5 Å². The number of carbonyl (C=O) groups excluding carboxylic acids is 1. The molecule has 8 heteroatoms. The second-order valence-corrected chi connectivity index (χ2v) is 6.87. The van der Waals surface area contributed by atoms with Gasteiger partial charge in [0, 0.05) is 24.8 Å². The number of methoxy groups -OCH3 is 1. The molecule has 0 aliphatic carbocycles. The van der Waals surface area contributed by atoms with Crippen LogP contribution in [-0.4, -0.2) is 23.0 Å². The molecule has 3 heterocycles. The van der Waals surface area contributed by atoms with E-state index in [1.807, 2.05) is 56.3 Å². The first-order valence-electron chi connectivity index (χ1n) is 10.7. The predicted octanol–water partition coefficient (Wildman–Crippen LogP) is 4.49. The average molecular weight is 449 g/mol. The average Bonchev–Trinajstić information content (AvgIpc) is 3.26. The number of nitrogens with one attached hydrogen (secondary N) is 1. The molecule has 0 atom stereocenters. The van der Waals surface area contributed by atoms with E-state index in [0.29, 0.717) is 41.6 Å². The zero-order valence-electron chi connectivity index (χ0n) is 19.0. The quantitative estimate of drug-likeness (QED) is 0.408. The van der Waals surface area contributed by atoms with Gasteiger partial charge in [0.15, 0.2) is 0 Å². The van der Waals surface area contributed by atoms with Crippen LogP contribution < -0.4 is 15.8 Å². The van der Waals surface area contributed by atoms with Gasteiger partial charge in [-0.3, -0.25) is 9.78 Å². The van der Waals surface area contributed by atoms with Crippen molar-refractivity contribution in [3.8, 4) is 5.75 Å². The van der Waals surface area contributed by atoms with Crippen molar-refractivity contribution in [3.05, 3.63) is 83.5 Å². The van der Waals surface area contributed by atoms with Gasteiger partial charge in [0.25, 0.3) is 5.91 Å². The number of ether oxygens (including phenoxy) is 2. The van der Waals surface area contributed by atoms with Crippen molar-refractivity contribution >= 4 is 22.7 Å². The van der Waals surface area contributed by atoms with Gasteiger partial charge in [-0.1, -0.05) is 19.9 Å². The minimum Gasteiger partial charge on any atom is -0.487 e. The highest BCUT2D eigenvalue weighted by Gasteiger charge is 2.13. The van der Waals surface area contributed by atoms with Gasteiger partial charge < -0.3 is 24.9 Å². The Bertz CT molecular complexity index is 1190. The third kappa shape index (κ3) is 6.30.